The van der Waals surface area contributed by atoms with Crippen molar-refractivity contribution in [2.75, 3.05) is 18.1 Å². The summed E-state index contributed by atoms with van der Waals surface area (Å²) in [7, 11) is 0. The number of hydrogen-bond acceptors (Lipinski definition) is 2. The fraction of sp³-hybridized carbons (Fsp3) is 0.538. The van der Waals surface area contributed by atoms with Crippen LogP contribution in [0, 0.1) is 6.92 Å². The predicted molar refractivity (Wildman–Crippen MR) is 63.6 cm³/mol. The highest BCUT2D eigenvalue weighted by atomic mass is 19.4. The molecule has 1 N–H and O–H groups in total. The van der Waals surface area contributed by atoms with E-state index >= 15 is 0 Å². The van der Waals surface area contributed by atoms with Crippen molar-refractivity contribution in [1.82, 2.24) is 0 Å². The number of anilines is 1. The molecule has 5 heteroatoms. The summed E-state index contributed by atoms with van der Waals surface area (Å²) in [4.78, 5) is 1.86. The van der Waals surface area contributed by atoms with E-state index in [0.29, 0.717) is 12.2 Å². The van der Waals surface area contributed by atoms with Crippen molar-refractivity contribution in [3.8, 4) is 0 Å². The molecule has 1 aliphatic rings. The number of halogens is 3. The third-order valence-corrected chi connectivity index (χ3v) is 3.45. The molecule has 0 spiro atoms. The van der Waals surface area contributed by atoms with E-state index < -0.39 is 11.7 Å². The molecule has 0 aromatic heterocycles. The topological polar surface area (TPSA) is 23.5 Å². The van der Waals surface area contributed by atoms with Gasteiger partial charge in [0, 0.05) is 12.2 Å². The lowest BCUT2D eigenvalue weighted by Crippen LogP contribution is -2.32. The standard InChI is InChI=1S/C13H16F3NO/c1-9-4-5-10(7-12(9)13(14,15)16)17-6-2-3-11(17)8-18/h4-5,7,11,18H,2-3,6,8H2,1H3. The summed E-state index contributed by atoms with van der Waals surface area (Å²) in [6.07, 6.45) is -2.60. The van der Waals surface area contributed by atoms with E-state index in [-0.39, 0.29) is 18.2 Å². The van der Waals surface area contributed by atoms with Crippen LogP contribution in [-0.2, 0) is 6.18 Å². The van der Waals surface area contributed by atoms with Crippen LogP contribution in [0.25, 0.3) is 0 Å². The molecule has 0 amide bonds. The molecule has 1 aromatic carbocycles. The van der Waals surface area contributed by atoms with Crippen molar-refractivity contribution in [2.24, 2.45) is 0 Å². The van der Waals surface area contributed by atoms with Crippen LogP contribution in [0.15, 0.2) is 18.2 Å². The van der Waals surface area contributed by atoms with Gasteiger partial charge in [0.25, 0.3) is 0 Å². The number of hydrogen-bond donors (Lipinski definition) is 1. The van der Waals surface area contributed by atoms with Crippen molar-refractivity contribution in [2.45, 2.75) is 32.0 Å². The minimum atomic E-state index is -4.32. The molecule has 1 saturated heterocycles. The highest BCUT2D eigenvalue weighted by Crippen LogP contribution is 2.35. The zero-order valence-electron chi connectivity index (χ0n) is 10.2. The van der Waals surface area contributed by atoms with Crippen LogP contribution in [0.2, 0.25) is 0 Å². The lowest BCUT2D eigenvalue weighted by molar-refractivity contribution is -0.138. The number of aliphatic hydroxyl groups excluding tert-OH is 1. The average molecular weight is 259 g/mol. The van der Waals surface area contributed by atoms with Crippen LogP contribution in [-0.4, -0.2) is 24.3 Å². The summed E-state index contributed by atoms with van der Waals surface area (Å²) in [5, 5.41) is 9.22. The fourth-order valence-electron chi connectivity index (χ4n) is 2.46. The Hall–Kier alpha value is -1.23. The zero-order valence-corrected chi connectivity index (χ0v) is 10.2. The van der Waals surface area contributed by atoms with E-state index in [9.17, 15) is 18.3 Å². The molecule has 100 valence electrons. The average Bonchev–Trinajstić information content (AvgIpc) is 2.76. The highest BCUT2D eigenvalue weighted by molar-refractivity contribution is 5.53. The highest BCUT2D eigenvalue weighted by Gasteiger charge is 2.33. The summed E-state index contributed by atoms with van der Waals surface area (Å²) in [5.74, 6) is 0. The Bertz CT molecular complexity index is 431. The van der Waals surface area contributed by atoms with Crippen molar-refractivity contribution >= 4 is 5.69 Å². The summed E-state index contributed by atoms with van der Waals surface area (Å²) in [6, 6.07) is 4.31. The quantitative estimate of drug-likeness (QED) is 0.882. The van der Waals surface area contributed by atoms with E-state index in [1.54, 1.807) is 6.07 Å². The Morgan fingerprint density at radius 1 is 1.39 bits per heavy atom. The molecular formula is C13H16F3NO. The normalized spacial score (nSPS) is 20.5. The fourth-order valence-corrected chi connectivity index (χ4v) is 2.46. The lowest BCUT2D eigenvalue weighted by Gasteiger charge is -2.26. The van der Waals surface area contributed by atoms with E-state index in [2.05, 4.69) is 0 Å². The molecule has 1 atom stereocenters. The van der Waals surface area contributed by atoms with Gasteiger partial charge in [0.15, 0.2) is 0 Å². The van der Waals surface area contributed by atoms with Gasteiger partial charge in [0.2, 0.25) is 0 Å². The van der Waals surface area contributed by atoms with Crippen molar-refractivity contribution in [3.05, 3.63) is 29.3 Å². The number of rotatable bonds is 2. The van der Waals surface area contributed by atoms with Crippen molar-refractivity contribution in [3.63, 3.8) is 0 Å². The first-order valence-corrected chi connectivity index (χ1v) is 5.99. The van der Waals surface area contributed by atoms with Gasteiger partial charge in [-0.3, -0.25) is 0 Å². The second-order valence-electron chi connectivity index (χ2n) is 4.67. The molecule has 1 heterocycles. The van der Waals surface area contributed by atoms with Crippen LogP contribution < -0.4 is 4.90 Å². The van der Waals surface area contributed by atoms with Gasteiger partial charge in [-0.1, -0.05) is 6.07 Å². The largest absolute Gasteiger partial charge is 0.416 e. The number of nitrogens with zero attached hydrogens (tertiary/aromatic N) is 1. The number of aryl methyl sites for hydroxylation is 1. The molecule has 0 radical (unpaired) electrons. The first-order chi connectivity index (χ1) is 8.43. The van der Waals surface area contributed by atoms with Gasteiger partial charge >= 0.3 is 6.18 Å². The van der Waals surface area contributed by atoms with Crippen LogP contribution in [0.1, 0.15) is 24.0 Å². The Morgan fingerprint density at radius 3 is 2.72 bits per heavy atom. The SMILES string of the molecule is Cc1ccc(N2CCCC2CO)cc1C(F)(F)F. The molecule has 1 unspecified atom stereocenters. The molecule has 2 nitrogen and oxygen atoms in total. The maximum absolute atomic E-state index is 12.8. The predicted octanol–water partition coefficient (Wildman–Crippen LogP) is 2.97. The smallest absolute Gasteiger partial charge is 0.394 e. The van der Waals surface area contributed by atoms with Gasteiger partial charge < -0.3 is 10.0 Å². The van der Waals surface area contributed by atoms with E-state index in [0.717, 1.165) is 12.8 Å². The molecule has 1 fully saturated rings. The molecule has 0 aliphatic carbocycles. The van der Waals surface area contributed by atoms with Gasteiger partial charge in [-0.2, -0.15) is 13.2 Å². The number of aliphatic hydroxyl groups is 1. The molecule has 2 rings (SSSR count). The van der Waals surface area contributed by atoms with E-state index in [1.165, 1.54) is 19.1 Å². The van der Waals surface area contributed by atoms with Crippen LogP contribution in [0.5, 0.6) is 0 Å². The molecule has 1 aliphatic heterocycles. The van der Waals surface area contributed by atoms with Crippen LogP contribution >= 0.6 is 0 Å². The van der Waals surface area contributed by atoms with E-state index in [4.69, 9.17) is 0 Å². The van der Waals surface area contributed by atoms with Crippen LogP contribution in [0.4, 0.5) is 18.9 Å². The summed E-state index contributed by atoms with van der Waals surface area (Å²) < 4.78 is 38.5. The summed E-state index contributed by atoms with van der Waals surface area (Å²) >= 11 is 0. The van der Waals surface area contributed by atoms with Gasteiger partial charge in [-0.15, -0.1) is 0 Å². The molecule has 0 bridgehead atoms. The molecule has 0 saturated carbocycles. The maximum Gasteiger partial charge on any atom is 0.416 e. The van der Waals surface area contributed by atoms with Crippen LogP contribution in [0.3, 0.4) is 0 Å². The molecular weight excluding hydrogens is 243 g/mol. The first kappa shape index (κ1) is 13.2. The Morgan fingerprint density at radius 2 is 2.11 bits per heavy atom. The Labute approximate surface area is 104 Å². The van der Waals surface area contributed by atoms with E-state index in [1.807, 2.05) is 4.90 Å². The number of benzene rings is 1. The van der Waals surface area contributed by atoms with Gasteiger partial charge in [-0.05, 0) is 37.5 Å². The molecule has 1 aromatic rings. The third-order valence-electron chi connectivity index (χ3n) is 3.45. The Kier molecular flexibility index (Phi) is 3.52. The second-order valence-corrected chi connectivity index (χ2v) is 4.67. The summed E-state index contributed by atoms with van der Waals surface area (Å²) in [6.45, 7) is 2.14. The van der Waals surface area contributed by atoms with Gasteiger partial charge in [0.1, 0.15) is 0 Å². The van der Waals surface area contributed by atoms with Crippen molar-refractivity contribution < 1.29 is 18.3 Å². The first-order valence-electron chi connectivity index (χ1n) is 5.99. The Balaban J connectivity index is 2.35. The second kappa shape index (κ2) is 4.80. The minimum absolute atomic E-state index is 0.0186. The van der Waals surface area contributed by atoms with Gasteiger partial charge in [-0.25, -0.2) is 0 Å². The minimum Gasteiger partial charge on any atom is -0.394 e. The maximum atomic E-state index is 12.8. The zero-order chi connectivity index (χ0) is 13.3. The van der Waals surface area contributed by atoms with Gasteiger partial charge in [0.05, 0.1) is 18.2 Å². The third kappa shape index (κ3) is 2.46. The summed E-state index contributed by atoms with van der Waals surface area (Å²) in [5.41, 5.74) is 0.180. The van der Waals surface area contributed by atoms with Crippen molar-refractivity contribution in [1.29, 1.82) is 0 Å². The lowest BCUT2D eigenvalue weighted by atomic mass is 10.1. The monoisotopic (exact) mass is 259 g/mol. The molecule has 18 heavy (non-hydrogen) atoms. The number of alkyl halides is 3.